The van der Waals surface area contributed by atoms with Gasteiger partial charge in [-0.3, -0.25) is 9.69 Å². The molecule has 1 saturated heterocycles. The maximum atomic E-state index is 12.5. The molecule has 5 nitrogen and oxygen atoms in total. The van der Waals surface area contributed by atoms with Crippen LogP contribution in [0.1, 0.15) is 27.4 Å². The highest BCUT2D eigenvalue weighted by Crippen LogP contribution is 2.21. The molecule has 0 radical (unpaired) electrons. The van der Waals surface area contributed by atoms with Crippen LogP contribution >= 0.6 is 0 Å². The number of nitrogens with zero attached hydrogens (tertiary/aromatic N) is 1. The average Bonchev–Trinajstić information content (AvgIpc) is 2.89. The molecule has 1 aliphatic heterocycles. The van der Waals surface area contributed by atoms with Crippen molar-refractivity contribution in [3.05, 3.63) is 53.0 Å². The Morgan fingerprint density at radius 3 is 2.65 bits per heavy atom. The number of morpholine rings is 1. The van der Waals surface area contributed by atoms with Crippen molar-refractivity contribution >= 4 is 11.6 Å². The summed E-state index contributed by atoms with van der Waals surface area (Å²) in [5.41, 5.74) is 2.55. The van der Waals surface area contributed by atoms with Gasteiger partial charge in [0.05, 0.1) is 18.8 Å². The van der Waals surface area contributed by atoms with Crippen LogP contribution in [0.5, 0.6) is 0 Å². The minimum Gasteiger partial charge on any atom is -0.466 e. The summed E-state index contributed by atoms with van der Waals surface area (Å²) in [6, 6.07) is 9.70. The van der Waals surface area contributed by atoms with E-state index in [9.17, 15) is 4.79 Å². The molecule has 0 atom stereocenters. The van der Waals surface area contributed by atoms with E-state index in [-0.39, 0.29) is 5.91 Å². The molecule has 0 saturated carbocycles. The smallest absolute Gasteiger partial charge is 0.259 e. The lowest BCUT2D eigenvalue weighted by atomic mass is 10.1. The first-order chi connectivity index (χ1) is 11.1. The molecule has 5 heteroatoms. The number of anilines is 1. The van der Waals surface area contributed by atoms with E-state index in [2.05, 4.69) is 16.3 Å². The number of carbonyl (C=O) groups is 1. The molecular formula is C18H22N2O3. The molecule has 1 aromatic carbocycles. The van der Waals surface area contributed by atoms with E-state index < -0.39 is 0 Å². The minimum absolute atomic E-state index is 0.131. The molecule has 0 unspecified atom stereocenters. The van der Waals surface area contributed by atoms with Gasteiger partial charge in [0.2, 0.25) is 0 Å². The molecule has 1 aliphatic rings. The second-order valence-electron chi connectivity index (χ2n) is 5.83. The fraction of sp³-hybridized carbons (Fsp3) is 0.389. The third-order valence-electron chi connectivity index (χ3n) is 4.05. The summed E-state index contributed by atoms with van der Waals surface area (Å²) < 4.78 is 10.8. The molecule has 0 bridgehead atoms. The highest BCUT2D eigenvalue weighted by atomic mass is 16.5. The Morgan fingerprint density at radius 2 is 1.96 bits per heavy atom. The van der Waals surface area contributed by atoms with Crippen LogP contribution in [-0.2, 0) is 11.3 Å². The van der Waals surface area contributed by atoms with Gasteiger partial charge in [0.25, 0.3) is 5.91 Å². The Morgan fingerprint density at radius 1 is 1.22 bits per heavy atom. The van der Waals surface area contributed by atoms with Crippen LogP contribution in [0.4, 0.5) is 5.69 Å². The summed E-state index contributed by atoms with van der Waals surface area (Å²) in [6.07, 6.45) is 0. The topological polar surface area (TPSA) is 54.7 Å². The van der Waals surface area contributed by atoms with Crippen LogP contribution in [0.3, 0.4) is 0 Å². The average molecular weight is 314 g/mol. The predicted octanol–water partition coefficient (Wildman–Crippen LogP) is 2.98. The van der Waals surface area contributed by atoms with Crippen molar-refractivity contribution in [3.63, 3.8) is 0 Å². The van der Waals surface area contributed by atoms with Crippen LogP contribution in [0, 0.1) is 13.8 Å². The first kappa shape index (κ1) is 15.8. The molecular weight excluding hydrogens is 292 g/mol. The molecule has 1 fully saturated rings. The Kier molecular flexibility index (Phi) is 4.79. The SMILES string of the molecule is Cc1cc(C(=O)Nc2ccccc2CN2CCOCC2)c(C)o1. The van der Waals surface area contributed by atoms with Crippen LogP contribution in [0.2, 0.25) is 0 Å². The lowest BCUT2D eigenvalue weighted by Gasteiger charge is -2.27. The fourth-order valence-electron chi connectivity index (χ4n) is 2.83. The van der Waals surface area contributed by atoms with E-state index in [4.69, 9.17) is 9.15 Å². The molecule has 1 amide bonds. The third kappa shape index (κ3) is 3.81. The number of furan rings is 1. The number of nitrogens with one attached hydrogen (secondary N) is 1. The molecule has 0 aliphatic carbocycles. The normalized spacial score (nSPS) is 15.6. The molecule has 1 aromatic heterocycles. The van der Waals surface area contributed by atoms with E-state index in [0.717, 1.165) is 49.9 Å². The third-order valence-corrected chi connectivity index (χ3v) is 4.05. The van der Waals surface area contributed by atoms with Gasteiger partial charge in [-0.05, 0) is 31.5 Å². The van der Waals surface area contributed by atoms with Crippen LogP contribution in [0.25, 0.3) is 0 Å². The maximum Gasteiger partial charge on any atom is 0.259 e. The zero-order valence-electron chi connectivity index (χ0n) is 13.6. The van der Waals surface area contributed by atoms with E-state index >= 15 is 0 Å². The second kappa shape index (κ2) is 6.98. The summed E-state index contributed by atoms with van der Waals surface area (Å²) in [5, 5.41) is 3.01. The van der Waals surface area contributed by atoms with E-state index in [1.165, 1.54) is 0 Å². The fourth-order valence-corrected chi connectivity index (χ4v) is 2.83. The van der Waals surface area contributed by atoms with Crippen molar-refractivity contribution in [2.24, 2.45) is 0 Å². The van der Waals surface area contributed by atoms with Gasteiger partial charge in [0.1, 0.15) is 11.5 Å². The van der Waals surface area contributed by atoms with Gasteiger partial charge < -0.3 is 14.5 Å². The summed E-state index contributed by atoms with van der Waals surface area (Å²) in [7, 11) is 0. The monoisotopic (exact) mass is 314 g/mol. The highest BCUT2D eigenvalue weighted by molar-refractivity contribution is 6.05. The first-order valence-electron chi connectivity index (χ1n) is 7.90. The summed E-state index contributed by atoms with van der Waals surface area (Å²) >= 11 is 0. The van der Waals surface area contributed by atoms with Crippen LogP contribution in [0.15, 0.2) is 34.7 Å². The predicted molar refractivity (Wildman–Crippen MR) is 88.7 cm³/mol. The van der Waals surface area contributed by atoms with Crippen molar-refractivity contribution in [1.29, 1.82) is 0 Å². The van der Waals surface area contributed by atoms with Gasteiger partial charge in [-0.2, -0.15) is 0 Å². The quantitative estimate of drug-likeness (QED) is 0.942. The van der Waals surface area contributed by atoms with Crippen molar-refractivity contribution in [2.45, 2.75) is 20.4 Å². The molecule has 1 N–H and O–H groups in total. The summed E-state index contributed by atoms with van der Waals surface area (Å²) in [6.45, 7) is 7.83. The lowest BCUT2D eigenvalue weighted by Crippen LogP contribution is -2.35. The number of aryl methyl sites for hydroxylation is 2. The highest BCUT2D eigenvalue weighted by Gasteiger charge is 2.17. The van der Waals surface area contributed by atoms with Crippen molar-refractivity contribution < 1.29 is 13.9 Å². The van der Waals surface area contributed by atoms with Gasteiger partial charge in [0.15, 0.2) is 0 Å². The standard InChI is InChI=1S/C18H22N2O3/c1-13-11-16(14(2)23-13)18(21)19-17-6-4-3-5-15(17)12-20-7-9-22-10-8-20/h3-6,11H,7-10,12H2,1-2H3,(H,19,21). The molecule has 2 aromatic rings. The van der Waals surface area contributed by atoms with Crippen LogP contribution < -0.4 is 5.32 Å². The van der Waals surface area contributed by atoms with Crippen molar-refractivity contribution in [1.82, 2.24) is 4.90 Å². The van der Waals surface area contributed by atoms with E-state index in [1.807, 2.05) is 32.0 Å². The second-order valence-corrected chi connectivity index (χ2v) is 5.83. The Bertz CT molecular complexity index is 687. The molecule has 2 heterocycles. The summed E-state index contributed by atoms with van der Waals surface area (Å²) in [4.78, 5) is 14.8. The number of carbonyl (C=O) groups excluding carboxylic acids is 1. The minimum atomic E-state index is -0.131. The van der Waals surface area contributed by atoms with Gasteiger partial charge in [-0.1, -0.05) is 18.2 Å². The molecule has 0 spiro atoms. The summed E-state index contributed by atoms with van der Waals surface area (Å²) in [5.74, 6) is 1.26. The number of benzene rings is 1. The first-order valence-corrected chi connectivity index (χ1v) is 7.90. The number of hydrogen-bond donors (Lipinski definition) is 1. The van der Waals surface area contributed by atoms with Gasteiger partial charge in [0, 0.05) is 25.3 Å². The largest absolute Gasteiger partial charge is 0.466 e. The van der Waals surface area contributed by atoms with Gasteiger partial charge in [-0.15, -0.1) is 0 Å². The Balaban J connectivity index is 1.74. The maximum absolute atomic E-state index is 12.5. The molecule has 122 valence electrons. The lowest BCUT2D eigenvalue weighted by molar-refractivity contribution is 0.0342. The zero-order chi connectivity index (χ0) is 16.2. The Hall–Kier alpha value is -2.11. The molecule has 23 heavy (non-hydrogen) atoms. The number of ether oxygens (including phenoxy) is 1. The zero-order valence-corrected chi connectivity index (χ0v) is 13.6. The van der Waals surface area contributed by atoms with Crippen molar-refractivity contribution in [2.75, 3.05) is 31.6 Å². The molecule has 3 rings (SSSR count). The number of amides is 1. The Labute approximate surface area is 136 Å². The number of hydrogen-bond acceptors (Lipinski definition) is 4. The van der Waals surface area contributed by atoms with E-state index in [0.29, 0.717) is 11.3 Å². The number of rotatable bonds is 4. The van der Waals surface area contributed by atoms with Crippen LogP contribution in [-0.4, -0.2) is 37.1 Å². The van der Waals surface area contributed by atoms with Crippen molar-refractivity contribution in [3.8, 4) is 0 Å². The van der Waals surface area contributed by atoms with Gasteiger partial charge >= 0.3 is 0 Å². The number of para-hydroxylation sites is 1. The van der Waals surface area contributed by atoms with E-state index in [1.54, 1.807) is 6.07 Å². The van der Waals surface area contributed by atoms with Gasteiger partial charge in [-0.25, -0.2) is 0 Å².